The van der Waals surface area contributed by atoms with Crippen LogP contribution in [0.4, 0.5) is 0 Å². The van der Waals surface area contributed by atoms with Crippen molar-refractivity contribution in [3.63, 3.8) is 0 Å². The maximum absolute atomic E-state index is 10.1. The molecule has 2 atom stereocenters. The summed E-state index contributed by atoms with van der Waals surface area (Å²) in [6.07, 6.45) is 3.74. The van der Waals surface area contributed by atoms with Gasteiger partial charge in [0.2, 0.25) is 0 Å². The summed E-state index contributed by atoms with van der Waals surface area (Å²) in [5, 5.41) is 10.1. The van der Waals surface area contributed by atoms with E-state index in [-0.39, 0.29) is 5.92 Å². The van der Waals surface area contributed by atoms with Gasteiger partial charge in [0.05, 0.1) is 12.7 Å². The quantitative estimate of drug-likeness (QED) is 0.792. The molecule has 0 bridgehead atoms. The number of para-hydroxylation sites is 1. The van der Waals surface area contributed by atoms with Gasteiger partial charge < -0.3 is 9.84 Å². The Labute approximate surface area is 116 Å². The van der Waals surface area contributed by atoms with Crippen LogP contribution in [0.2, 0.25) is 0 Å². The van der Waals surface area contributed by atoms with E-state index < -0.39 is 6.10 Å². The number of methoxy groups -OCH3 is 1. The highest BCUT2D eigenvalue weighted by atomic mass is 16.5. The SMILES string of the molecule is CCCCC(CC)C(O)C#Cc1ccccc1OC. The first-order chi connectivity index (χ1) is 9.22. The van der Waals surface area contributed by atoms with Crippen molar-refractivity contribution < 1.29 is 9.84 Å². The number of aliphatic hydroxyl groups is 1. The number of unbranched alkanes of at least 4 members (excludes halogenated alkanes) is 1. The van der Waals surface area contributed by atoms with Gasteiger partial charge in [-0.2, -0.15) is 0 Å². The fraction of sp³-hybridized carbons (Fsp3) is 0.529. The maximum atomic E-state index is 10.1. The first-order valence-electron chi connectivity index (χ1n) is 7.05. The van der Waals surface area contributed by atoms with Crippen LogP contribution in [0, 0.1) is 17.8 Å². The lowest BCUT2D eigenvalue weighted by Gasteiger charge is -2.16. The summed E-state index contributed by atoms with van der Waals surface area (Å²) in [6, 6.07) is 7.63. The van der Waals surface area contributed by atoms with E-state index >= 15 is 0 Å². The van der Waals surface area contributed by atoms with Gasteiger partial charge in [0, 0.05) is 0 Å². The first-order valence-corrected chi connectivity index (χ1v) is 7.05. The Balaban J connectivity index is 2.74. The third-order valence-corrected chi connectivity index (χ3v) is 3.36. The summed E-state index contributed by atoms with van der Waals surface area (Å²) < 4.78 is 5.25. The molecule has 104 valence electrons. The minimum atomic E-state index is -0.554. The summed E-state index contributed by atoms with van der Waals surface area (Å²) in [6.45, 7) is 4.27. The maximum Gasteiger partial charge on any atom is 0.134 e. The van der Waals surface area contributed by atoms with Crippen LogP contribution >= 0.6 is 0 Å². The third-order valence-electron chi connectivity index (χ3n) is 3.36. The second kappa shape index (κ2) is 8.61. The van der Waals surface area contributed by atoms with Gasteiger partial charge in [0.1, 0.15) is 11.9 Å². The molecule has 0 saturated heterocycles. The van der Waals surface area contributed by atoms with Gasteiger partial charge in [-0.25, -0.2) is 0 Å². The Morgan fingerprint density at radius 2 is 2.00 bits per heavy atom. The van der Waals surface area contributed by atoms with Gasteiger partial charge in [-0.1, -0.05) is 50.7 Å². The lowest BCUT2D eigenvalue weighted by Crippen LogP contribution is -2.17. The molecule has 1 rings (SSSR count). The average Bonchev–Trinajstić information content (AvgIpc) is 2.46. The van der Waals surface area contributed by atoms with E-state index in [1.165, 1.54) is 0 Å². The van der Waals surface area contributed by atoms with Crippen molar-refractivity contribution in [2.24, 2.45) is 5.92 Å². The molecule has 0 radical (unpaired) electrons. The largest absolute Gasteiger partial charge is 0.495 e. The zero-order chi connectivity index (χ0) is 14.1. The number of benzene rings is 1. The molecule has 1 aromatic rings. The molecule has 0 aliphatic carbocycles. The summed E-state index contributed by atoms with van der Waals surface area (Å²) in [4.78, 5) is 0. The highest BCUT2D eigenvalue weighted by Gasteiger charge is 2.14. The smallest absolute Gasteiger partial charge is 0.134 e. The van der Waals surface area contributed by atoms with Crippen LogP contribution in [0.15, 0.2) is 24.3 Å². The van der Waals surface area contributed by atoms with Gasteiger partial charge in [0.15, 0.2) is 0 Å². The van der Waals surface area contributed by atoms with Gasteiger partial charge in [-0.3, -0.25) is 0 Å². The van der Waals surface area contributed by atoms with Crippen LogP contribution in [0.5, 0.6) is 5.75 Å². The van der Waals surface area contributed by atoms with Crippen molar-refractivity contribution in [2.45, 2.75) is 45.6 Å². The molecule has 0 fully saturated rings. The van der Waals surface area contributed by atoms with Crippen molar-refractivity contribution in [1.29, 1.82) is 0 Å². The van der Waals surface area contributed by atoms with E-state index in [1.807, 2.05) is 24.3 Å². The minimum Gasteiger partial charge on any atom is -0.495 e. The van der Waals surface area contributed by atoms with Crippen molar-refractivity contribution >= 4 is 0 Å². The topological polar surface area (TPSA) is 29.5 Å². The highest BCUT2D eigenvalue weighted by Crippen LogP contribution is 2.18. The number of rotatable bonds is 6. The van der Waals surface area contributed by atoms with E-state index in [4.69, 9.17) is 4.74 Å². The monoisotopic (exact) mass is 260 g/mol. The van der Waals surface area contributed by atoms with Gasteiger partial charge in [0.25, 0.3) is 0 Å². The summed E-state index contributed by atoms with van der Waals surface area (Å²) in [5.74, 6) is 7.01. The predicted octanol–water partition coefficient (Wildman–Crippen LogP) is 3.62. The fourth-order valence-corrected chi connectivity index (χ4v) is 2.07. The van der Waals surface area contributed by atoms with Crippen molar-refractivity contribution in [3.05, 3.63) is 29.8 Å². The van der Waals surface area contributed by atoms with Crippen LogP contribution < -0.4 is 4.74 Å². The molecular formula is C17H24O2. The second-order valence-corrected chi connectivity index (χ2v) is 4.73. The second-order valence-electron chi connectivity index (χ2n) is 4.73. The Morgan fingerprint density at radius 1 is 1.26 bits per heavy atom. The summed E-state index contributed by atoms with van der Waals surface area (Å²) in [7, 11) is 1.63. The predicted molar refractivity (Wildman–Crippen MR) is 79.2 cm³/mol. The Bertz CT molecular complexity index is 428. The van der Waals surface area contributed by atoms with Crippen molar-refractivity contribution in [2.75, 3.05) is 7.11 Å². The van der Waals surface area contributed by atoms with Gasteiger partial charge in [-0.15, -0.1) is 0 Å². The average molecular weight is 260 g/mol. The van der Waals surface area contributed by atoms with Crippen LogP contribution in [0.25, 0.3) is 0 Å². The number of hydrogen-bond acceptors (Lipinski definition) is 2. The number of ether oxygens (including phenoxy) is 1. The molecule has 2 unspecified atom stereocenters. The summed E-state index contributed by atoms with van der Waals surface area (Å²) >= 11 is 0. The van der Waals surface area contributed by atoms with Crippen LogP contribution in [0.3, 0.4) is 0 Å². The van der Waals surface area contributed by atoms with E-state index in [2.05, 4.69) is 25.7 Å². The van der Waals surface area contributed by atoms with E-state index in [0.29, 0.717) is 0 Å². The normalized spacial score (nSPS) is 13.3. The molecule has 1 aromatic carbocycles. The molecule has 2 nitrogen and oxygen atoms in total. The van der Waals surface area contributed by atoms with Crippen molar-refractivity contribution in [3.8, 4) is 17.6 Å². The third kappa shape index (κ3) is 4.96. The molecule has 0 aromatic heterocycles. The Kier molecular flexibility index (Phi) is 7.07. The van der Waals surface area contributed by atoms with Crippen LogP contribution in [-0.2, 0) is 0 Å². The van der Waals surface area contributed by atoms with E-state index in [9.17, 15) is 5.11 Å². The lowest BCUT2D eigenvalue weighted by molar-refractivity contribution is 0.150. The number of hydrogen-bond donors (Lipinski definition) is 1. The number of aliphatic hydroxyl groups excluding tert-OH is 1. The fourth-order valence-electron chi connectivity index (χ4n) is 2.07. The molecule has 19 heavy (non-hydrogen) atoms. The molecule has 0 aliphatic rings. The first kappa shape index (κ1) is 15.6. The van der Waals surface area contributed by atoms with E-state index in [1.54, 1.807) is 7.11 Å². The van der Waals surface area contributed by atoms with E-state index in [0.717, 1.165) is 37.0 Å². The molecule has 0 saturated carbocycles. The van der Waals surface area contributed by atoms with Crippen LogP contribution in [-0.4, -0.2) is 18.3 Å². The zero-order valence-corrected chi connectivity index (χ0v) is 12.1. The molecular weight excluding hydrogens is 236 g/mol. The van der Waals surface area contributed by atoms with Gasteiger partial charge >= 0.3 is 0 Å². The van der Waals surface area contributed by atoms with Crippen molar-refractivity contribution in [1.82, 2.24) is 0 Å². The highest BCUT2D eigenvalue weighted by molar-refractivity contribution is 5.46. The lowest BCUT2D eigenvalue weighted by atomic mass is 9.93. The molecule has 0 aliphatic heterocycles. The standard InChI is InChI=1S/C17H24O2/c1-4-6-9-14(5-2)16(18)13-12-15-10-7-8-11-17(15)19-3/h7-8,10-11,14,16,18H,4-6,9H2,1-3H3. The molecule has 0 spiro atoms. The zero-order valence-electron chi connectivity index (χ0n) is 12.1. The Hall–Kier alpha value is -1.46. The Morgan fingerprint density at radius 3 is 2.63 bits per heavy atom. The van der Waals surface area contributed by atoms with Crippen LogP contribution in [0.1, 0.15) is 45.1 Å². The molecule has 1 N–H and O–H groups in total. The van der Waals surface area contributed by atoms with Gasteiger partial charge in [-0.05, 0) is 30.9 Å². The molecule has 2 heteroatoms. The molecule has 0 heterocycles. The minimum absolute atomic E-state index is 0.266. The molecule has 0 amide bonds. The summed E-state index contributed by atoms with van der Waals surface area (Å²) in [5.41, 5.74) is 0.828.